The van der Waals surface area contributed by atoms with E-state index in [0.717, 1.165) is 32.5 Å². The molecule has 0 heterocycles. The molecule has 0 unspecified atom stereocenters. The molecule has 0 bridgehead atoms. The highest BCUT2D eigenvalue weighted by atomic mass is 14.8. The average Bonchev–Trinajstić information content (AvgIpc) is 2.30. The van der Waals surface area contributed by atoms with E-state index in [0.29, 0.717) is 5.92 Å². The lowest BCUT2D eigenvalue weighted by Crippen LogP contribution is -2.21. The summed E-state index contributed by atoms with van der Waals surface area (Å²) in [6, 6.07) is 6.83. The Balaban J connectivity index is 2.49. The second-order valence-corrected chi connectivity index (χ2v) is 4.98. The van der Waals surface area contributed by atoms with Crippen LogP contribution in [0, 0.1) is 6.92 Å². The molecular weight excluding hydrogens is 208 g/mol. The van der Waals surface area contributed by atoms with Crippen LogP contribution in [-0.4, -0.2) is 19.6 Å². The summed E-state index contributed by atoms with van der Waals surface area (Å²) in [5.74, 6) is 0.611. The van der Waals surface area contributed by atoms with E-state index in [1.54, 1.807) is 0 Å². The van der Waals surface area contributed by atoms with Crippen LogP contribution in [0.1, 0.15) is 42.9 Å². The van der Waals surface area contributed by atoms with E-state index in [1.807, 2.05) is 0 Å². The van der Waals surface area contributed by atoms with Gasteiger partial charge in [0.25, 0.3) is 0 Å². The topological polar surface area (TPSA) is 38.0 Å². The first kappa shape index (κ1) is 14.2. The molecule has 0 aliphatic carbocycles. The molecule has 1 rings (SSSR count). The van der Waals surface area contributed by atoms with Crippen LogP contribution in [0.15, 0.2) is 18.2 Å². The summed E-state index contributed by atoms with van der Waals surface area (Å²) in [5.41, 5.74) is 9.76. The summed E-state index contributed by atoms with van der Waals surface area (Å²) in [6.07, 6.45) is 2.17. The predicted octanol–water partition coefficient (Wildman–Crippen LogP) is 2.60. The molecule has 1 aromatic rings. The Labute approximate surface area is 106 Å². The molecule has 0 atom stereocenters. The zero-order valence-corrected chi connectivity index (χ0v) is 11.4. The number of nitrogens with two attached hydrogens (primary N) is 1. The van der Waals surface area contributed by atoms with Crippen LogP contribution < -0.4 is 11.1 Å². The molecule has 2 heteroatoms. The Bertz CT molecular complexity index is 332. The van der Waals surface area contributed by atoms with Gasteiger partial charge in [-0.1, -0.05) is 32.0 Å². The van der Waals surface area contributed by atoms with Crippen LogP contribution in [0.2, 0.25) is 0 Å². The number of benzene rings is 1. The maximum atomic E-state index is 5.46. The molecule has 0 fully saturated rings. The summed E-state index contributed by atoms with van der Waals surface area (Å²) in [4.78, 5) is 0. The van der Waals surface area contributed by atoms with Crippen molar-refractivity contribution >= 4 is 0 Å². The summed E-state index contributed by atoms with van der Waals surface area (Å²) in [6.45, 7) is 9.53. The van der Waals surface area contributed by atoms with Gasteiger partial charge in [0.1, 0.15) is 0 Å². The molecule has 2 nitrogen and oxygen atoms in total. The SMILES string of the molecule is Cc1ccc(C(C)C)cc1CCNCCCN. The van der Waals surface area contributed by atoms with Gasteiger partial charge in [-0.15, -0.1) is 0 Å². The molecule has 0 amide bonds. The molecule has 0 saturated carbocycles. The predicted molar refractivity (Wildman–Crippen MR) is 75.5 cm³/mol. The van der Waals surface area contributed by atoms with Gasteiger partial charge in [-0.05, 0) is 62.0 Å². The van der Waals surface area contributed by atoms with E-state index in [-0.39, 0.29) is 0 Å². The van der Waals surface area contributed by atoms with Gasteiger partial charge in [0.2, 0.25) is 0 Å². The fourth-order valence-electron chi connectivity index (χ4n) is 1.89. The Hall–Kier alpha value is -0.860. The number of hydrogen-bond acceptors (Lipinski definition) is 2. The normalized spacial score (nSPS) is 11.1. The smallest absolute Gasteiger partial charge is 0.000824 e. The highest BCUT2D eigenvalue weighted by molar-refractivity contribution is 5.32. The third-order valence-corrected chi connectivity index (χ3v) is 3.17. The molecular formula is C15H26N2. The average molecular weight is 234 g/mol. The lowest BCUT2D eigenvalue weighted by Gasteiger charge is -2.11. The number of aryl methyl sites for hydroxylation is 1. The fourth-order valence-corrected chi connectivity index (χ4v) is 1.89. The van der Waals surface area contributed by atoms with E-state index in [4.69, 9.17) is 5.73 Å². The largest absolute Gasteiger partial charge is 0.330 e. The number of nitrogens with one attached hydrogen (secondary N) is 1. The third kappa shape index (κ3) is 4.88. The summed E-state index contributed by atoms with van der Waals surface area (Å²) in [5, 5.41) is 3.43. The molecule has 0 saturated heterocycles. The van der Waals surface area contributed by atoms with Crippen LogP contribution in [0.4, 0.5) is 0 Å². The highest BCUT2D eigenvalue weighted by Gasteiger charge is 2.03. The molecule has 0 radical (unpaired) electrons. The first-order chi connectivity index (χ1) is 8.15. The van der Waals surface area contributed by atoms with Gasteiger partial charge < -0.3 is 11.1 Å². The second kappa shape index (κ2) is 7.46. The molecule has 0 aliphatic heterocycles. The van der Waals surface area contributed by atoms with Crippen molar-refractivity contribution in [1.29, 1.82) is 0 Å². The van der Waals surface area contributed by atoms with Crippen molar-refractivity contribution in [2.45, 2.75) is 39.5 Å². The van der Waals surface area contributed by atoms with E-state index >= 15 is 0 Å². The second-order valence-electron chi connectivity index (χ2n) is 4.98. The van der Waals surface area contributed by atoms with Gasteiger partial charge >= 0.3 is 0 Å². The minimum Gasteiger partial charge on any atom is -0.330 e. The quantitative estimate of drug-likeness (QED) is 0.712. The van der Waals surface area contributed by atoms with Gasteiger partial charge in [0, 0.05) is 0 Å². The van der Waals surface area contributed by atoms with Gasteiger partial charge in [0.05, 0.1) is 0 Å². The monoisotopic (exact) mass is 234 g/mol. The zero-order valence-electron chi connectivity index (χ0n) is 11.4. The van der Waals surface area contributed by atoms with Crippen LogP contribution in [0.5, 0.6) is 0 Å². The van der Waals surface area contributed by atoms with Crippen LogP contribution >= 0.6 is 0 Å². The Kier molecular flexibility index (Phi) is 6.23. The first-order valence-electron chi connectivity index (χ1n) is 6.65. The Morgan fingerprint density at radius 2 is 2.00 bits per heavy atom. The van der Waals surface area contributed by atoms with Gasteiger partial charge in [0.15, 0.2) is 0 Å². The summed E-state index contributed by atoms with van der Waals surface area (Å²) < 4.78 is 0. The van der Waals surface area contributed by atoms with E-state index in [2.05, 4.69) is 44.3 Å². The van der Waals surface area contributed by atoms with Crippen molar-refractivity contribution in [2.24, 2.45) is 5.73 Å². The van der Waals surface area contributed by atoms with Crippen molar-refractivity contribution in [3.8, 4) is 0 Å². The zero-order chi connectivity index (χ0) is 12.7. The van der Waals surface area contributed by atoms with Crippen LogP contribution in [-0.2, 0) is 6.42 Å². The van der Waals surface area contributed by atoms with Crippen molar-refractivity contribution in [1.82, 2.24) is 5.32 Å². The van der Waals surface area contributed by atoms with Gasteiger partial charge in [-0.25, -0.2) is 0 Å². The first-order valence-corrected chi connectivity index (χ1v) is 6.65. The van der Waals surface area contributed by atoms with Crippen molar-refractivity contribution in [3.63, 3.8) is 0 Å². The molecule has 0 aromatic heterocycles. The maximum absolute atomic E-state index is 5.46. The molecule has 1 aromatic carbocycles. The van der Waals surface area contributed by atoms with E-state index < -0.39 is 0 Å². The Morgan fingerprint density at radius 3 is 2.65 bits per heavy atom. The standard InChI is InChI=1S/C15H26N2/c1-12(2)14-6-5-13(3)15(11-14)7-10-17-9-4-8-16/h5-6,11-12,17H,4,7-10,16H2,1-3H3. The highest BCUT2D eigenvalue weighted by Crippen LogP contribution is 2.18. The molecule has 3 N–H and O–H groups in total. The Morgan fingerprint density at radius 1 is 1.24 bits per heavy atom. The summed E-state index contributed by atoms with van der Waals surface area (Å²) in [7, 11) is 0. The molecule has 17 heavy (non-hydrogen) atoms. The number of hydrogen-bond donors (Lipinski definition) is 2. The lowest BCUT2D eigenvalue weighted by atomic mass is 9.96. The van der Waals surface area contributed by atoms with Crippen LogP contribution in [0.25, 0.3) is 0 Å². The fraction of sp³-hybridized carbons (Fsp3) is 0.600. The third-order valence-electron chi connectivity index (χ3n) is 3.17. The van der Waals surface area contributed by atoms with Crippen molar-refractivity contribution in [2.75, 3.05) is 19.6 Å². The van der Waals surface area contributed by atoms with E-state index in [9.17, 15) is 0 Å². The molecule has 0 spiro atoms. The molecule has 0 aliphatic rings. The van der Waals surface area contributed by atoms with Gasteiger partial charge in [-0.3, -0.25) is 0 Å². The van der Waals surface area contributed by atoms with Crippen molar-refractivity contribution < 1.29 is 0 Å². The van der Waals surface area contributed by atoms with Crippen LogP contribution in [0.3, 0.4) is 0 Å². The minimum atomic E-state index is 0.611. The minimum absolute atomic E-state index is 0.611. The summed E-state index contributed by atoms with van der Waals surface area (Å²) >= 11 is 0. The van der Waals surface area contributed by atoms with E-state index in [1.165, 1.54) is 16.7 Å². The van der Waals surface area contributed by atoms with Crippen molar-refractivity contribution in [3.05, 3.63) is 34.9 Å². The van der Waals surface area contributed by atoms with Gasteiger partial charge in [-0.2, -0.15) is 0 Å². The maximum Gasteiger partial charge on any atom is -0.000824 e. The number of rotatable bonds is 7. The molecule has 96 valence electrons. The lowest BCUT2D eigenvalue weighted by molar-refractivity contribution is 0.652.